The van der Waals surface area contributed by atoms with Crippen molar-refractivity contribution in [1.29, 1.82) is 0 Å². The molecule has 1 aromatic carbocycles. The third-order valence-corrected chi connectivity index (χ3v) is 5.60. The monoisotopic (exact) mass is 413 g/mol. The number of H-pyrrole nitrogens is 1. The van der Waals surface area contributed by atoms with Crippen LogP contribution in [0.1, 0.15) is 30.0 Å². The molecule has 4 heterocycles. The fourth-order valence-corrected chi connectivity index (χ4v) is 4.14. The second kappa shape index (κ2) is 6.25. The van der Waals surface area contributed by atoms with Crippen molar-refractivity contribution in [2.75, 3.05) is 18.0 Å². The normalized spacial score (nSPS) is 18.2. The Bertz CT molecular complexity index is 1150. The molecule has 2 amide bonds. The Hall–Kier alpha value is -3.00. The summed E-state index contributed by atoms with van der Waals surface area (Å²) in [6, 6.07) is 7.32. The Balaban J connectivity index is 1.42. The first kappa shape index (κ1) is 18.1. The minimum absolute atomic E-state index is 0.0972. The van der Waals surface area contributed by atoms with Gasteiger partial charge in [0.15, 0.2) is 0 Å². The highest BCUT2D eigenvalue weighted by atomic mass is 35.5. The van der Waals surface area contributed by atoms with Gasteiger partial charge in [0.05, 0.1) is 37.2 Å². The molecule has 5 rings (SSSR count). The smallest absolute Gasteiger partial charge is 0.415 e. The van der Waals surface area contributed by atoms with E-state index in [0.29, 0.717) is 42.6 Å². The van der Waals surface area contributed by atoms with Crippen LogP contribution in [0.2, 0.25) is 5.02 Å². The number of rotatable bonds is 2. The van der Waals surface area contributed by atoms with Gasteiger partial charge in [-0.15, -0.1) is 0 Å². The number of cyclic esters (lactones) is 1. The SMILES string of the molecule is CC1(C)CN(c2cnn3c2CN(C(=O)c2cc4ccc(Cl)cc4[nH]2)CC3)C(=O)O1. The van der Waals surface area contributed by atoms with Crippen molar-refractivity contribution in [3.63, 3.8) is 0 Å². The Morgan fingerprint density at radius 2 is 2.10 bits per heavy atom. The zero-order valence-corrected chi connectivity index (χ0v) is 16.9. The number of ether oxygens (including phenoxy) is 1. The van der Waals surface area contributed by atoms with Crippen LogP contribution >= 0.6 is 11.6 Å². The number of amides is 2. The maximum absolute atomic E-state index is 13.1. The number of halogens is 1. The molecule has 1 N–H and O–H groups in total. The Labute approximate surface area is 172 Å². The lowest BCUT2D eigenvalue weighted by Crippen LogP contribution is -2.39. The van der Waals surface area contributed by atoms with Crippen LogP contribution in [0.15, 0.2) is 30.5 Å². The highest BCUT2D eigenvalue weighted by Gasteiger charge is 2.40. The van der Waals surface area contributed by atoms with E-state index in [1.165, 1.54) is 0 Å². The summed E-state index contributed by atoms with van der Waals surface area (Å²) < 4.78 is 7.27. The molecule has 0 atom stereocenters. The predicted octanol–water partition coefficient (Wildman–Crippen LogP) is 3.41. The molecule has 2 aliphatic rings. The maximum Gasteiger partial charge on any atom is 0.415 e. The van der Waals surface area contributed by atoms with Gasteiger partial charge < -0.3 is 14.6 Å². The molecule has 8 nitrogen and oxygen atoms in total. The quantitative estimate of drug-likeness (QED) is 0.697. The average molecular weight is 414 g/mol. The van der Waals surface area contributed by atoms with Gasteiger partial charge in [-0.25, -0.2) is 4.79 Å². The van der Waals surface area contributed by atoms with Gasteiger partial charge in [0, 0.05) is 22.5 Å². The molecular formula is C20H20ClN5O3. The standard InChI is InChI=1S/C20H20ClN5O3/c1-20(2)11-25(19(28)29-20)16-9-22-26-6-5-24(10-17(16)26)18(27)15-7-12-3-4-13(21)8-14(12)23-15/h3-4,7-9,23H,5-6,10-11H2,1-2H3. The van der Waals surface area contributed by atoms with Gasteiger partial charge in [0.2, 0.25) is 0 Å². The second-order valence-corrected chi connectivity index (χ2v) is 8.49. The molecule has 1 saturated heterocycles. The van der Waals surface area contributed by atoms with Gasteiger partial charge in [0.1, 0.15) is 11.3 Å². The van der Waals surface area contributed by atoms with Crippen molar-refractivity contribution < 1.29 is 14.3 Å². The van der Waals surface area contributed by atoms with Crippen molar-refractivity contribution in [1.82, 2.24) is 19.7 Å². The van der Waals surface area contributed by atoms with Gasteiger partial charge in [0.25, 0.3) is 5.91 Å². The largest absolute Gasteiger partial charge is 0.441 e. The minimum Gasteiger partial charge on any atom is -0.441 e. The van der Waals surface area contributed by atoms with Crippen LogP contribution in [0, 0.1) is 0 Å². The van der Waals surface area contributed by atoms with E-state index in [1.54, 1.807) is 28.1 Å². The van der Waals surface area contributed by atoms with Crippen LogP contribution in [0.4, 0.5) is 10.5 Å². The van der Waals surface area contributed by atoms with E-state index in [2.05, 4.69) is 10.1 Å². The minimum atomic E-state index is -0.554. The van der Waals surface area contributed by atoms with E-state index < -0.39 is 5.60 Å². The molecule has 0 spiro atoms. The molecule has 0 radical (unpaired) electrons. The molecule has 0 aliphatic carbocycles. The maximum atomic E-state index is 13.1. The first-order valence-electron chi connectivity index (χ1n) is 9.43. The summed E-state index contributed by atoms with van der Waals surface area (Å²) in [4.78, 5) is 31.9. The molecule has 150 valence electrons. The summed E-state index contributed by atoms with van der Waals surface area (Å²) in [5, 5.41) is 5.95. The molecule has 1 fully saturated rings. The number of carbonyl (C=O) groups is 2. The lowest BCUT2D eigenvalue weighted by Gasteiger charge is -2.29. The third-order valence-electron chi connectivity index (χ3n) is 5.36. The van der Waals surface area contributed by atoms with Crippen molar-refractivity contribution in [3.8, 4) is 0 Å². The topological polar surface area (TPSA) is 83.5 Å². The Morgan fingerprint density at radius 1 is 1.28 bits per heavy atom. The van der Waals surface area contributed by atoms with Crippen molar-refractivity contribution in [3.05, 3.63) is 46.9 Å². The molecule has 2 aromatic heterocycles. The summed E-state index contributed by atoms with van der Waals surface area (Å²) in [6.45, 7) is 5.67. The van der Waals surface area contributed by atoms with Crippen molar-refractivity contribution >= 4 is 40.2 Å². The molecule has 3 aromatic rings. The zero-order valence-electron chi connectivity index (χ0n) is 16.1. The number of anilines is 1. The number of aromatic nitrogens is 3. The van der Waals surface area contributed by atoms with E-state index in [0.717, 1.165) is 16.6 Å². The lowest BCUT2D eigenvalue weighted by atomic mass is 10.1. The average Bonchev–Trinajstić information content (AvgIpc) is 3.34. The summed E-state index contributed by atoms with van der Waals surface area (Å²) in [6.07, 6.45) is 1.29. The Kier molecular flexibility index (Phi) is 3.89. The van der Waals surface area contributed by atoms with Crippen LogP contribution in [0.5, 0.6) is 0 Å². The Morgan fingerprint density at radius 3 is 2.86 bits per heavy atom. The number of nitrogens with zero attached hydrogens (tertiary/aromatic N) is 4. The number of hydrogen-bond donors (Lipinski definition) is 1. The molecule has 2 aliphatic heterocycles. The van der Waals surface area contributed by atoms with Crippen LogP contribution in [-0.2, 0) is 17.8 Å². The molecular weight excluding hydrogens is 394 g/mol. The van der Waals surface area contributed by atoms with Gasteiger partial charge in [-0.3, -0.25) is 14.4 Å². The van der Waals surface area contributed by atoms with E-state index in [-0.39, 0.29) is 12.0 Å². The lowest BCUT2D eigenvalue weighted by molar-refractivity contribution is 0.0701. The fraction of sp³-hybridized carbons (Fsp3) is 0.350. The highest BCUT2D eigenvalue weighted by Crippen LogP contribution is 2.32. The van der Waals surface area contributed by atoms with E-state index >= 15 is 0 Å². The highest BCUT2D eigenvalue weighted by molar-refractivity contribution is 6.31. The number of hydrogen-bond acceptors (Lipinski definition) is 4. The first-order valence-corrected chi connectivity index (χ1v) is 9.81. The number of benzene rings is 1. The number of nitrogens with one attached hydrogen (secondary N) is 1. The molecule has 0 saturated carbocycles. The van der Waals surface area contributed by atoms with E-state index in [4.69, 9.17) is 16.3 Å². The zero-order chi connectivity index (χ0) is 20.3. The van der Waals surface area contributed by atoms with Crippen LogP contribution in [-0.4, -0.2) is 50.4 Å². The van der Waals surface area contributed by atoms with E-state index in [1.807, 2.05) is 30.7 Å². The van der Waals surface area contributed by atoms with Crippen LogP contribution in [0.25, 0.3) is 10.9 Å². The summed E-state index contributed by atoms with van der Waals surface area (Å²) in [5.74, 6) is -0.0972. The van der Waals surface area contributed by atoms with Gasteiger partial charge in [-0.2, -0.15) is 5.10 Å². The van der Waals surface area contributed by atoms with Crippen LogP contribution in [0.3, 0.4) is 0 Å². The second-order valence-electron chi connectivity index (χ2n) is 8.05. The van der Waals surface area contributed by atoms with Crippen LogP contribution < -0.4 is 4.90 Å². The van der Waals surface area contributed by atoms with Crippen molar-refractivity contribution in [2.45, 2.75) is 32.5 Å². The molecule has 0 unspecified atom stereocenters. The summed E-state index contributed by atoms with van der Waals surface area (Å²) in [5.41, 5.74) is 2.31. The number of fused-ring (bicyclic) bond motifs is 2. The van der Waals surface area contributed by atoms with Gasteiger partial charge in [-0.05, 0) is 32.0 Å². The van der Waals surface area contributed by atoms with E-state index in [9.17, 15) is 9.59 Å². The third kappa shape index (κ3) is 3.04. The molecule has 9 heteroatoms. The molecule has 0 bridgehead atoms. The van der Waals surface area contributed by atoms with Crippen molar-refractivity contribution in [2.24, 2.45) is 0 Å². The number of aromatic amines is 1. The van der Waals surface area contributed by atoms with Gasteiger partial charge >= 0.3 is 6.09 Å². The first-order chi connectivity index (χ1) is 13.8. The number of carbonyl (C=O) groups excluding carboxylic acids is 2. The molecule has 29 heavy (non-hydrogen) atoms. The van der Waals surface area contributed by atoms with Gasteiger partial charge in [-0.1, -0.05) is 17.7 Å². The summed E-state index contributed by atoms with van der Waals surface area (Å²) >= 11 is 6.04. The predicted molar refractivity (Wildman–Crippen MR) is 108 cm³/mol. The summed E-state index contributed by atoms with van der Waals surface area (Å²) in [7, 11) is 0. The fourth-order valence-electron chi connectivity index (χ4n) is 3.97.